The lowest BCUT2D eigenvalue weighted by Gasteiger charge is -2.12. The van der Waals surface area contributed by atoms with E-state index in [4.69, 9.17) is 4.74 Å². The van der Waals surface area contributed by atoms with Crippen molar-refractivity contribution < 1.29 is 39.9 Å². The molecular formula is C18H17NO8. The maximum atomic E-state index is 11.8. The second-order valence-electron chi connectivity index (χ2n) is 5.39. The predicted molar refractivity (Wildman–Crippen MR) is 93.2 cm³/mol. The minimum absolute atomic E-state index is 0.295. The van der Waals surface area contributed by atoms with Gasteiger partial charge in [0.1, 0.15) is 0 Å². The minimum atomic E-state index is -1.71. The van der Waals surface area contributed by atoms with Crippen LogP contribution in [0.25, 0.3) is 6.08 Å². The van der Waals surface area contributed by atoms with E-state index >= 15 is 0 Å². The fraction of sp³-hybridized carbons (Fsp3) is 0.111. The Balaban J connectivity index is 1.86. The van der Waals surface area contributed by atoms with Gasteiger partial charge < -0.3 is 35.6 Å². The number of hydrogen-bond donors (Lipinski definition) is 6. The molecule has 0 aliphatic rings. The van der Waals surface area contributed by atoms with E-state index < -0.39 is 36.0 Å². The number of hydrogen-bond acceptors (Lipinski definition) is 8. The van der Waals surface area contributed by atoms with E-state index in [9.17, 15) is 35.1 Å². The number of carbonyl (C=O) groups excluding carboxylic acids is 2. The third-order valence-electron chi connectivity index (χ3n) is 3.36. The molecule has 0 saturated heterocycles. The van der Waals surface area contributed by atoms with Crippen LogP contribution in [0.3, 0.4) is 0 Å². The van der Waals surface area contributed by atoms with Gasteiger partial charge in [-0.2, -0.15) is 0 Å². The molecule has 0 radical (unpaired) electrons. The zero-order valence-electron chi connectivity index (χ0n) is 13.9. The Kier molecular flexibility index (Phi) is 6.23. The number of amides is 1. The number of benzene rings is 2. The van der Waals surface area contributed by atoms with Gasteiger partial charge in [-0.05, 0) is 35.9 Å². The van der Waals surface area contributed by atoms with Crippen LogP contribution in [0.2, 0.25) is 0 Å². The van der Waals surface area contributed by atoms with Crippen molar-refractivity contribution >= 4 is 18.0 Å². The molecule has 2 aromatic carbocycles. The van der Waals surface area contributed by atoms with Crippen molar-refractivity contribution in [2.45, 2.75) is 6.10 Å². The van der Waals surface area contributed by atoms with Crippen LogP contribution >= 0.6 is 0 Å². The lowest BCUT2D eigenvalue weighted by atomic mass is 10.2. The van der Waals surface area contributed by atoms with E-state index in [0.29, 0.717) is 5.56 Å². The lowest BCUT2D eigenvalue weighted by molar-refractivity contribution is -0.143. The number of aliphatic hydroxyl groups is 1. The average molecular weight is 375 g/mol. The number of phenolic OH excluding ortho intramolecular Hbond substituents is 4. The van der Waals surface area contributed by atoms with Gasteiger partial charge in [0.25, 0.3) is 0 Å². The SMILES string of the molecule is O=C(C=Cc1ccc(O)c(O)c1)NC[C@@H](O)C(=O)Oc1cccc(O)c1O. The third kappa shape index (κ3) is 5.38. The highest BCUT2D eigenvalue weighted by Crippen LogP contribution is 2.34. The van der Waals surface area contributed by atoms with Crippen LogP contribution in [0, 0.1) is 0 Å². The first-order chi connectivity index (χ1) is 12.8. The van der Waals surface area contributed by atoms with Crippen LogP contribution in [0.1, 0.15) is 5.56 Å². The molecule has 9 nitrogen and oxygen atoms in total. The molecule has 2 rings (SSSR count). The number of aliphatic hydroxyl groups excluding tert-OH is 1. The summed E-state index contributed by atoms with van der Waals surface area (Å²) in [6.07, 6.45) is 0.747. The van der Waals surface area contributed by atoms with Gasteiger partial charge in [-0.15, -0.1) is 0 Å². The average Bonchev–Trinajstić information content (AvgIpc) is 2.64. The first-order valence-electron chi connectivity index (χ1n) is 7.66. The van der Waals surface area contributed by atoms with Crippen molar-refractivity contribution in [2.24, 2.45) is 0 Å². The van der Waals surface area contributed by atoms with Gasteiger partial charge in [0.15, 0.2) is 29.1 Å². The Labute approximate surface area is 153 Å². The fourth-order valence-corrected chi connectivity index (χ4v) is 1.93. The number of rotatable bonds is 6. The molecule has 0 aromatic heterocycles. The fourth-order valence-electron chi connectivity index (χ4n) is 1.93. The molecule has 27 heavy (non-hydrogen) atoms. The molecule has 0 saturated carbocycles. The molecule has 0 aliphatic heterocycles. The van der Waals surface area contributed by atoms with Crippen LogP contribution in [0.5, 0.6) is 28.7 Å². The standard InChI is InChI=1S/C18H17NO8/c20-11-6-4-10(8-13(11)22)5-7-16(24)19-9-14(23)18(26)27-15-3-1-2-12(21)17(15)25/h1-8,14,20-23,25H,9H2,(H,19,24)/t14-/m1/s1. The number of aromatic hydroxyl groups is 4. The highest BCUT2D eigenvalue weighted by atomic mass is 16.6. The molecule has 1 amide bonds. The van der Waals surface area contributed by atoms with Gasteiger partial charge in [0, 0.05) is 6.08 Å². The molecule has 6 N–H and O–H groups in total. The summed E-state index contributed by atoms with van der Waals surface area (Å²) in [5.41, 5.74) is 0.444. The van der Waals surface area contributed by atoms with Gasteiger partial charge >= 0.3 is 5.97 Å². The van der Waals surface area contributed by atoms with Crippen LogP contribution in [-0.4, -0.2) is 50.1 Å². The van der Waals surface area contributed by atoms with Crippen LogP contribution in [0.15, 0.2) is 42.5 Å². The Morgan fingerprint density at radius 2 is 1.78 bits per heavy atom. The summed E-state index contributed by atoms with van der Waals surface area (Å²) >= 11 is 0. The van der Waals surface area contributed by atoms with E-state index in [0.717, 1.165) is 6.08 Å². The van der Waals surface area contributed by atoms with E-state index in [1.165, 1.54) is 42.5 Å². The molecule has 0 spiro atoms. The van der Waals surface area contributed by atoms with Gasteiger partial charge in [0.2, 0.25) is 11.7 Å². The quantitative estimate of drug-likeness (QED) is 0.185. The van der Waals surface area contributed by atoms with Gasteiger partial charge in [-0.25, -0.2) is 4.79 Å². The van der Waals surface area contributed by atoms with E-state index in [1.54, 1.807) is 0 Å². The van der Waals surface area contributed by atoms with Crippen LogP contribution < -0.4 is 10.1 Å². The smallest absolute Gasteiger partial charge is 0.342 e. The zero-order valence-corrected chi connectivity index (χ0v) is 13.9. The van der Waals surface area contributed by atoms with Crippen LogP contribution in [0.4, 0.5) is 0 Å². The highest BCUT2D eigenvalue weighted by Gasteiger charge is 2.20. The Morgan fingerprint density at radius 1 is 1.04 bits per heavy atom. The Morgan fingerprint density at radius 3 is 2.48 bits per heavy atom. The van der Waals surface area contributed by atoms with Gasteiger partial charge in [-0.3, -0.25) is 4.79 Å². The largest absolute Gasteiger partial charge is 0.504 e. The topological polar surface area (TPSA) is 157 Å². The number of phenols is 4. The number of nitrogens with one attached hydrogen (secondary N) is 1. The van der Waals surface area contributed by atoms with Crippen molar-refractivity contribution in [3.63, 3.8) is 0 Å². The summed E-state index contributed by atoms with van der Waals surface area (Å²) in [4.78, 5) is 23.5. The molecule has 0 aliphatic carbocycles. The lowest BCUT2D eigenvalue weighted by Crippen LogP contribution is -2.38. The maximum Gasteiger partial charge on any atom is 0.342 e. The summed E-state index contributed by atoms with van der Waals surface area (Å²) < 4.78 is 4.75. The normalized spacial score (nSPS) is 11.9. The van der Waals surface area contributed by atoms with E-state index in [2.05, 4.69) is 5.32 Å². The second kappa shape index (κ2) is 8.59. The molecule has 0 fully saturated rings. The third-order valence-corrected chi connectivity index (χ3v) is 3.36. The van der Waals surface area contributed by atoms with Crippen LogP contribution in [-0.2, 0) is 9.59 Å². The van der Waals surface area contributed by atoms with Crippen molar-refractivity contribution in [3.8, 4) is 28.7 Å². The molecule has 1 atom stereocenters. The maximum absolute atomic E-state index is 11.8. The van der Waals surface area contributed by atoms with E-state index in [1.807, 2.05) is 0 Å². The summed E-state index contributed by atoms with van der Waals surface area (Å²) in [6, 6.07) is 7.69. The molecule has 2 aromatic rings. The van der Waals surface area contributed by atoms with Crippen molar-refractivity contribution in [2.75, 3.05) is 6.54 Å². The molecule has 0 unspecified atom stereocenters. The highest BCUT2D eigenvalue weighted by molar-refractivity contribution is 5.92. The van der Waals surface area contributed by atoms with Gasteiger partial charge in [-0.1, -0.05) is 12.1 Å². The summed E-state index contributed by atoms with van der Waals surface area (Å²) in [5.74, 6) is -3.88. The monoisotopic (exact) mass is 375 g/mol. The summed E-state index contributed by atoms with van der Waals surface area (Å²) in [5, 5.41) is 49.4. The first-order valence-corrected chi connectivity index (χ1v) is 7.66. The number of esters is 1. The first kappa shape index (κ1) is 19.6. The number of para-hydroxylation sites is 1. The van der Waals surface area contributed by atoms with E-state index in [-0.39, 0.29) is 17.2 Å². The minimum Gasteiger partial charge on any atom is -0.504 e. The Bertz CT molecular complexity index is 878. The van der Waals surface area contributed by atoms with Crippen molar-refractivity contribution in [1.29, 1.82) is 0 Å². The number of carbonyl (C=O) groups is 2. The number of ether oxygens (including phenoxy) is 1. The van der Waals surface area contributed by atoms with Gasteiger partial charge in [0.05, 0.1) is 6.54 Å². The van der Waals surface area contributed by atoms with Crippen molar-refractivity contribution in [3.05, 3.63) is 48.0 Å². The molecule has 0 heterocycles. The Hall–Kier alpha value is -3.72. The summed E-state index contributed by atoms with van der Waals surface area (Å²) in [7, 11) is 0. The predicted octanol–water partition coefficient (Wildman–Crippen LogP) is 0.605. The van der Waals surface area contributed by atoms with Crippen molar-refractivity contribution in [1.82, 2.24) is 5.32 Å². The zero-order chi connectivity index (χ0) is 20.0. The molecular weight excluding hydrogens is 358 g/mol. The molecule has 0 bridgehead atoms. The summed E-state index contributed by atoms with van der Waals surface area (Å²) in [6.45, 7) is -0.456. The second-order valence-corrected chi connectivity index (χ2v) is 5.39. The molecule has 9 heteroatoms. The molecule has 142 valence electrons.